The van der Waals surface area contributed by atoms with Gasteiger partial charge in [-0.1, -0.05) is 43.2 Å². The van der Waals surface area contributed by atoms with Gasteiger partial charge in [-0.15, -0.1) is 18.2 Å². The molecular weight excluding hydrogens is 939 g/mol. The van der Waals surface area contributed by atoms with Crippen LogP contribution in [0.5, 0.6) is 23.0 Å². The maximum Gasteiger partial charge on any atom is 0.313 e. The first-order chi connectivity index (χ1) is 35.0. The molecule has 0 unspecified atom stereocenters. The van der Waals surface area contributed by atoms with E-state index in [0.717, 1.165) is 33.8 Å². The molecule has 0 aromatic heterocycles. The number of nitrogens with zero attached hydrogens (tertiary/aromatic N) is 4. The Labute approximate surface area is 425 Å². The van der Waals surface area contributed by atoms with E-state index >= 15 is 0 Å². The van der Waals surface area contributed by atoms with Crippen molar-refractivity contribution < 1.29 is 52.6 Å². The van der Waals surface area contributed by atoms with Gasteiger partial charge in [0.2, 0.25) is 0 Å². The van der Waals surface area contributed by atoms with Gasteiger partial charge in [0.05, 0.1) is 99.9 Å². The number of aliphatic carboxylic acids is 1. The summed E-state index contributed by atoms with van der Waals surface area (Å²) in [5.74, 6) is 2.92. The minimum atomic E-state index is -0.876. The normalized spacial score (nSPS) is 20.2. The maximum absolute atomic E-state index is 14.2. The topological polar surface area (TPSA) is 170 Å². The zero-order valence-corrected chi connectivity index (χ0v) is 42.3. The number of thioether (sulfide) groups is 1. The zero-order valence-electron chi connectivity index (χ0n) is 41.5. The highest BCUT2D eigenvalue weighted by molar-refractivity contribution is 8.00. The van der Waals surface area contributed by atoms with Gasteiger partial charge in [0.1, 0.15) is 6.61 Å². The summed E-state index contributed by atoms with van der Waals surface area (Å²) in [6, 6.07) is 14.6. The summed E-state index contributed by atoms with van der Waals surface area (Å²) in [6.07, 6.45) is 17.4. The lowest BCUT2D eigenvalue weighted by molar-refractivity contribution is -0.133. The Morgan fingerprint density at radius 2 is 1.68 bits per heavy atom. The van der Waals surface area contributed by atoms with E-state index in [4.69, 9.17) is 44.6 Å². The van der Waals surface area contributed by atoms with Crippen molar-refractivity contribution in [3.8, 4) is 35.3 Å². The first-order valence-corrected chi connectivity index (χ1v) is 25.3. The van der Waals surface area contributed by atoms with Gasteiger partial charge in [-0.25, -0.2) is 0 Å². The number of carbonyl (C=O) groups is 3. The van der Waals surface area contributed by atoms with Crippen LogP contribution < -0.4 is 29.2 Å². The maximum atomic E-state index is 14.2. The fraction of sp³-hybridized carbons (Fsp3) is 0.418. The number of allylic oxidation sites excluding steroid dienone is 4. The zero-order chi connectivity index (χ0) is 50.7. The van der Waals surface area contributed by atoms with E-state index in [9.17, 15) is 19.5 Å². The molecule has 0 bridgehead atoms. The van der Waals surface area contributed by atoms with Crippen LogP contribution in [0.3, 0.4) is 0 Å². The van der Waals surface area contributed by atoms with Crippen molar-refractivity contribution in [2.75, 3.05) is 103 Å². The van der Waals surface area contributed by atoms with Crippen LogP contribution in [0.4, 0.5) is 17.1 Å². The number of hydrogen-bond acceptors (Lipinski definition) is 14. The van der Waals surface area contributed by atoms with Crippen LogP contribution in [0.1, 0.15) is 53.0 Å². The van der Waals surface area contributed by atoms with Crippen LogP contribution in [-0.2, 0) is 25.4 Å². The largest absolute Gasteiger partial charge is 0.493 e. The number of ether oxygens (including phenoxy) is 7. The molecule has 1 fully saturated rings. The van der Waals surface area contributed by atoms with Crippen LogP contribution in [0.15, 0.2) is 100 Å². The first-order valence-electron chi connectivity index (χ1n) is 24.2. The van der Waals surface area contributed by atoms with Crippen LogP contribution in [0, 0.1) is 18.3 Å². The van der Waals surface area contributed by atoms with Crippen molar-refractivity contribution >= 4 is 52.8 Å². The van der Waals surface area contributed by atoms with Gasteiger partial charge in [-0.2, -0.15) is 0 Å². The molecule has 2 amide bonds. The third kappa shape index (κ3) is 11.8. The predicted octanol–water partition coefficient (Wildman–Crippen LogP) is 7.57. The lowest BCUT2D eigenvalue weighted by atomic mass is 9.93. The molecule has 8 rings (SSSR count). The minimum Gasteiger partial charge on any atom is -0.493 e. The van der Waals surface area contributed by atoms with E-state index in [1.165, 1.54) is 11.8 Å². The number of carbonyl (C=O) groups excluding carboxylic acids is 2. The third-order valence-electron chi connectivity index (χ3n) is 13.2. The average Bonchev–Trinajstić information content (AvgIpc) is 3.86. The number of fused-ring (bicyclic) bond motifs is 6. The van der Waals surface area contributed by atoms with E-state index in [1.807, 2.05) is 56.5 Å². The Morgan fingerprint density at radius 3 is 2.43 bits per heavy atom. The summed E-state index contributed by atoms with van der Waals surface area (Å²) in [5, 5.41) is 13.0. The van der Waals surface area contributed by atoms with E-state index in [0.29, 0.717) is 117 Å². The highest BCUT2D eigenvalue weighted by atomic mass is 32.2. The van der Waals surface area contributed by atoms with Crippen LogP contribution in [0.25, 0.3) is 0 Å². The van der Waals surface area contributed by atoms with Gasteiger partial charge < -0.3 is 53.4 Å². The predicted molar refractivity (Wildman–Crippen MR) is 279 cm³/mol. The molecule has 4 heterocycles. The molecule has 3 aromatic rings. The summed E-state index contributed by atoms with van der Waals surface area (Å²) in [4.78, 5) is 50.6. The monoisotopic (exact) mass is 1000 g/mol. The Balaban J connectivity index is 1.05. The van der Waals surface area contributed by atoms with Gasteiger partial charge in [0.25, 0.3) is 11.8 Å². The number of methoxy groups -OCH3 is 3. The number of carboxylic acid groups (broad SMARTS) is 1. The Hall–Kier alpha value is -6.71. The van der Waals surface area contributed by atoms with Crippen molar-refractivity contribution in [1.29, 1.82) is 0 Å². The third-order valence-corrected chi connectivity index (χ3v) is 14.3. The summed E-state index contributed by atoms with van der Waals surface area (Å²) in [7, 11) is 4.73. The molecule has 1 aliphatic carbocycles. The lowest BCUT2D eigenvalue weighted by Gasteiger charge is -2.32. The van der Waals surface area contributed by atoms with Crippen molar-refractivity contribution in [1.82, 2.24) is 9.80 Å². The molecule has 4 atom stereocenters. The number of amides is 2. The molecule has 72 heavy (non-hydrogen) atoms. The average molecular weight is 1000 g/mol. The second kappa shape index (κ2) is 24.1. The number of para-hydroxylation sites is 1. The first kappa shape index (κ1) is 51.6. The number of rotatable bonds is 23. The smallest absolute Gasteiger partial charge is 0.313 e. The van der Waals surface area contributed by atoms with E-state index in [1.54, 1.807) is 55.4 Å². The van der Waals surface area contributed by atoms with Gasteiger partial charge in [0.15, 0.2) is 23.0 Å². The molecule has 380 valence electrons. The van der Waals surface area contributed by atoms with Crippen molar-refractivity contribution in [2.24, 2.45) is 10.9 Å². The molecule has 3 aromatic carbocycles. The second-order valence-electron chi connectivity index (χ2n) is 18.0. The number of carboxylic acids is 1. The molecule has 4 aliphatic heterocycles. The van der Waals surface area contributed by atoms with Crippen LogP contribution in [0.2, 0.25) is 0 Å². The van der Waals surface area contributed by atoms with Gasteiger partial charge >= 0.3 is 5.97 Å². The van der Waals surface area contributed by atoms with Crippen molar-refractivity contribution in [3.05, 3.63) is 112 Å². The number of nitrogens with one attached hydrogen (secondary N) is 1. The Bertz CT molecular complexity index is 2710. The number of aliphatic imine (C=N–C) groups is 1. The molecule has 5 aliphatic rings. The molecule has 1 saturated heterocycles. The molecule has 2 N–H and O–H groups in total. The summed E-state index contributed by atoms with van der Waals surface area (Å²) >= 11 is 1.37. The number of benzene rings is 3. The van der Waals surface area contributed by atoms with E-state index in [-0.39, 0.29) is 54.0 Å². The van der Waals surface area contributed by atoms with Crippen LogP contribution in [-0.4, -0.2) is 149 Å². The number of hydrogen-bond donors (Lipinski definition) is 2. The minimum absolute atomic E-state index is 0.0274. The standard InChI is InChI=1S/C55H63N5O11S/c1-7-11-47-38(8-2)23-41-29-56-45-27-51(49(66-5)25-43(45)54(63)59(41)47)70-32-36-20-37(22-40(21-36)58(31-35(3)72-34-53(61)62)14-15-68-18-19-69-17-16-65-4)33-71-52-28-46-44(26-50(52)67-6)55(64)60-42(30-57-46)24-39-12-9-10-13-48(39)60/h1,8-13,21-22,25-28,30,35,37,41-42,56H,14-20,23-24,29,31-34H2,2-6H3,(H,61,62)/b38-8-,47-11+/t35-,37-,41-,42-/m0/s1. The molecule has 17 heteroatoms. The SMILES string of the molecule is C#C/C=C1\C(=C/C)C[C@H]2CNc3cc(OCC4=CC(N(CCOCCOCCOC)C[C@H](C)SCC(=O)O)=C[C@@H](COc5cc6c(cc5OC)C(=O)N5c7ccccc7C[C@H]5C=N6)C4)c(OC)cc3C(=O)N12. The quantitative estimate of drug-likeness (QED) is 0.0705. The Morgan fingerprint density at radius 1 is 0.944 bits per heavy atom. The fourth-order valence-corrected chi connectivity index (χ4v) is 10.4. The molecule has 0 saturated carbocycles. The molecular formula is C55H63N5O11S. The summed E-state index contributed by atoms with van der Waals surface area (Å²) < 4.78 is 41.7. The van der Waals surface area contributed by atoms with Crippen LogP contribution >= 0.6 is 11.8 Å². The van der Waals surface area contributed by atoms with Gasteiger partial charge in [-0.05, 0) is 60.8 Å². The fourth-order valence-electron chi connectivity index (χ4n) is 9.71. The van der Waals surface area contributed by atoms with E-state index in [2.05, 4.69) is 28.3 Å². The Kier molecular flexibility index (Phi) is 17.3. The number of anilines is 2. The van der Waals surface area contributed by atoms with Crippen molar-refractivity contribution in [2.45, 2.75) is 50.4 Å². The molecule has 0 spiro atoms. The summed E-state index contributed by atoms with van der Waals surface area (Å²) in [5.41, 5.74) is 7.60. The highest BCUT2D eigenvalue weighted by Crippen LogP contribution is 2.43. The van der Waals surface area contributed by atoms with Gasteiger partial charge in [0, 0.05) is 80.1 Å². The van der Waals surface area contributed by atoms with Gasteiger partial charge in [-0.3, -0.25) is 24.3 Å². The highest BCUT2D eigenvalue weighted by Gasteiger charge is 2.40. The lowest BCUT2D eigenvalue weighted by Crippen LogP contribution is -2.37. The van der Waals surface area contributed by atoms with E-state index < -0.39 is 5.97 Å². The van der Waals surface area contributed by atoms with Crippen molar-refractivity contribution in [3.63, 3.8) is 0 Å². The number of terminal acetylenes is 1. The molecule has 0 radical (unpaired) electrons. The molecule has 16 nitrogen and oxygen atoms in total. The summed E-state index contributed by atoms with van der Waals surface area (Å²) in [6.45, 7) is 8.13. The second-order valence-corrected chi connectivity index (χ2v) is 19.4.